The lowest BCUT2D eigenvalue weighted by atomic mass is 9.64. The van der Waals surface area contributed by atoms with E-state index in [1.54, 1.807) is 6.07 Å². The van der Waals surface area contributed by atoms with Gasteiger partial charge in [0.15, 0.2) is 0 Å². The number of anilines is 1. The molecule has 1 saturated carbocycles. The number of aliphatic hydroxyl groups is 1. The molecule has 0 aliphatic heterocycles. The number of rotatable bonds is 3. The number of nitrogens with one attached hydrogen (secondary N) is 1. The Morgan fingerprint density at radius 1 is 1.47 bits per heavy atom. The molecule has 2 unspecified atom stereocenters. The lowest BCUT2D eigenvalue weighted by Gasteiger charge is -2.50. The normalized spacial score (nSPS) is 24.5. The maximum Gasteiger partial charge on any atom is 0.337 e. The third-order valence-electron chi connectivity index (χ3n) is 4.20. The molecule has 2 rings (SSSR count). The minimum atomic E-state index is -0.337. The standard InChI is InChI=1S/C15H21NO3/c1-9-5-6-10(14(18)19-4)7-11(9)16-12-8-13(17)15(12,2)3/h5-7,12-13,16-17H,8H2,1-4H3. The number of carbonyl (C=O) groups is 1. The lowest BCUT2D eigenvalue weighted by molar-refractivity contribution is -0.0510. The third-order valence-corrected chi connectivity index (χ3v) is 4.20. The summed E-state index contributed by atoms with van der Waals surface area (Å²) < 4.78 is 4.73. The fraction of sp³-hybridized carbons (Fsp3) is 0.533. The van der Waals surface area contributed by atoms with Crippen LogP contribution in [-0.4, -0.2) is 30.3 Å². The number of esters is 1. The van der Waals surface area contributed by atoms with Crippen molar-refractivity contribution >= 4 is 11.7 Å². The van der Waals surface area contributed by atoms with E-state index in [4.69, 9.17) is 4.74 Å². The van der Waals surface area contributed by atoms with Gasteiger partial charge in [-0.05, 0) is 31.0 Å². The van der Waals surface area contributed by atoms with Gasteiger partial charge < -0.3 is 15.2 Å². The van der Waals surface area contributed by atoms with Crippen LogP contribution in [0.3, 0.4) is 0 Å². The monoisotopic (exact) mass is 263 g/mol. The summed E-state index contributed by atoms with van der Waals surface area (Å²) in [5.41, 5.74) is 2.39. The predicted molar refractivity (Wildman–Crippen MR) is 74.3 cm³/mol. The van der Waals surface area contributed by atoms with Gasteiger partial charge in [0.05, 0.1) is 18.8 Å². The van der Waals surface area contributed by atoms with Crippen LogP contribution >= 0.6 is 0 Å². The molecule has 0 bridgehead atoms. The first-order valence-electron chi connectivity index (χ1n) is 6.50. The Balaban J connectivity index is 2.19. The van der Waals surface area contributed by atoms with Gasteiger partial charge in [0.1, 0.15) is 0 Å². The first kappa shape index (κ1) is 13.9. The first-order valence-corrected chi connectivity index (χ1v) is 6.50. The molecule has 4 heteroatoms. The van der Waals surface area contributed by atoms with Gasteiger partial charge in [-0.15, -0.1) is 0 Å². The Hall–Kier alpha value is -1.55. The van der Waals surface area contributed by atoms with Crippen LogP contribution in [0.25, 0.3) is 0 Å². The van der Waals surface area contributed by atoms with Crippen LogP contribution in [0.5, 0.6) is 0 Å². The van der Waals surface area contributed by atoms with E-state index >= 15 is 0 Å². The van der Waals surface area contributed by atoms with Gasteiger partial charge in [-0.1, -0.05) is 19.9 Å². The second-order valence-corrected chi connectivity index (χ2v) is 5.79. The Labute approximate surface area is 113 Å². The second-order valence-electron chi connectivity index (χ2n) is 5.79. The molecule has 0 heterocycles. The van der Waals surface area contributed by atoms with Crippen molar-refractivity contribution in [3.8, 4) is 0 Å². The predicted octanol–water partition coefficient (Wildman–Crippen LogP) is 2.35. The van der Waals surface area contributed by atoms with Crippen LogP contribution in [0.2, 0.25) is 0 Å². The van der Waals surface area contributed by atoms with Crippen LogP contribution in [0.4, 0.5) is 5.69 Å². The maximum atomic E-state index is 11.5. The molecule has 2 atom stereocenters. The van der Waals surface area contributed by atoms with Crippen molar-refractivity contribution in [1.29, 1.82) is 0 Å². The Morgan fingerprint density at radius 3 is 2.68 bits per heavy atom. The van der Waals surface area contributed by atoms with Gasteiger partial charge in [0, 0.05) is 17.1 Å². The van der Waals surface area contributed by atoms with Crippen LogP contribution in [-0.2, 0) is 4.74 Å². The highest BCUT2D eigenvalue weighted by Gasteiger charge is 2.47. The minimum Gasteiger partial charge on any atom is -0.465 e. The van der Waals surface area contributed by atoms with E-state index in [9.17, 15) is 9.90 Å². The SMILES string of the molecule is COC(=O)c1ccc(C)c(NC2CC(O)C2(C)C)c1. The van der Waals surface area contributed by atoms with Crippen molar-refractivity contribution in [3.05, 3.63) is 29.3 Å². The second kappa shape index (κ2) is 4.85. The van der Waals surface area contributed by atoms with Crippen molar-refractivity contribution in [2.24, 2.45) is 5.41 Å². The van der Waals surface area contributed by atoms with Crippen LogP contribution in [0.15, 0.2) is 18.2 Å². The highest BCUT2D eigenvalue weighted by Crippen LogP contribution is 2.42. The zero-order valence-corrected chi connectivity index (χ0v) is 11.9. The minimum absolute atomic E-state index is 0.145. The van der Waals surface area contributed by atoms with E-state index in [1.165, 1.54) is 7.11 Å². The zero-order chi connectivity index (χ0) is 14.2. The molecule has 1 aliphatic rings. The van der Waals surface area contributed by atoms with Crippen molar-refractivity contribution in [2.45, 2.75) is 39.3 Å². The fourth-order valence-electron chi connectivity index (χ4n) is 2.36. The number of benzene rings is 1. The van der Waals surface area contributed by atoms with Crippen molar-refractivity contribution in [3.63, 3.8) is 0 Å². The first-order chi connectivity index (χ1) is 8.86. The molecule has 0 radical (unpaired) electrons. The van der Waals surface area contributed by atoms with Gasteiger partial charge in [-0.2, -0.15) is 0 Å². The summed E-state index contributed by atoms with van der Waals surface area (Å²) in [7, 11) is 1.38. The van der Waals surface area contributed by atoms with Crippen molar-refractivity contribution in [2.75, 3.05) is 12.4 Å². The molecule has 1 fully saturated rings. The van der Waals surface area contributed by atoms with E-state index in [-0.39, 0.29) is 23.5 Å². The fourth-order valence-corrected chi connectivity index (χ4v) is 2.36. The number of methoxy groups -OCH3 is 1. The molecular formula is C15H21NO3. The zero-order valence-electron chi connectivity index (χ0n) is 11.9. The molecular weight excluding hydrogens is 242 g/mol. The number of aryl methyl sites for hydroxylation is 1. The molecule has 2 N–H and O–H groups in total. The molecule has 0 amide bonds. The number of ether oxygens (including phenoxy) is 1. The molecule has 1 aromatic carbocycles. The molecule has 0 saturated heterocycles. The van der Waals surface area contributed by atoms with Gasteiger partial charge in [0.25, 0.3) is 0 Å². The topological polar surface area (TPSA) is 58.6 Å². The van der Waals surface area contributed by atoms with Crippen molar-refractivity contribution < 1.29 is 14.6 Å². The molecule has 1 aliphatic carbocycles. The van der Waals surface area contributed by atoms with Gasteiger partial charge >= 0.3 is 5.97 Å². The molecule has 0 aromatic heterocycles. The van der Waals surface area contributed by atoms with E-state index in [1.807, 2.05) is 32.9 Å². The number of hydrogen-bond acceptors (Lipinski definition) is 4. The summed E-state index contributed by atoms with van der Waals surface area (Å²) in [6.45, 7) is 6.07. The van der Waals surface area contributed by atoms with Crippen LogP contribution in [0.1, 0.15) is 36.2 Å². The highest BCUT2D eigenvalue weighted by molar-refractivity contribution is 5.90. The van der Waals surface area contributed by atoms with E-state index in [0.29, 0.717) is 5.56 Å². The van der Waals surface area contributed by atoms with Gasteiger partial charge in [-0.3, -0.25) is 0 Å². The van der Waals surface area contributed by atoms with E-state index in [0.717, 1.165) is 17.7 Å². The molecule has 4 nitrogen and oxygen atoms in total. The molecule has 104 valence electrons. The van der Waals surface area contributed by atoms with Crippen LogP contribution in [0, 0.1) is 12.3 Å². The quantitative estimate of drug-likeness (QED) is 0.822. The number of hydrogen-bond donors (Lipinski definition) is 2. The van der Waals surface area contributed by atoms with E-state index in [2.05, 4.69) is 5.32 Å². The van der Waals surface area contributed by atoms with Crippen molar-refractivity contribution in [1.82, 2.24) is 0 Å². The summed E-state index contributed by atoms with van der Waals surface area (Å²) in [6.07, 6.45) is 0.462. The largest absolute Gasteiger partial charge is 0.465 e. The number of aliphatic hydroxyl groups excluding tert-OH is 1. The smallest absolute Gasteiger partial charge is 0.337 e. The summed E-state index contributed by atoms with van der Waals surface area (Å²) in [5, 5.41) is 13.2. The van der Waals surface area contributed by atoms with Gasteiger partial charge in [-0.25, -0.2) is 4.79 Å². The highest BCUT2D eigenvalue weighted by atomic mass is 16.5. The van der Waals surface area contributed by atoms with Gasteiger partial charge in [0.2, 0.25) is 0 Å². The molecule has 19 heavy (non-hydrogen) atoms. The summed E-state index contributed by atoms with van der Waals surface area (Å²) >= 11 is 0. The summed E-state index contributed by atoms with van der Waals surface area (Å²) in [6, 6.07) is 5.68. The summed E-state index contributed by atoms with van der Waals surface area (Å²) in [4.78, 5) is 11.5. The average Bonchev–Trinajstić information content (AvgIpc) is 2.39. The Kier molecular flexibility index (Phi) is 3.54. The molecule has 1 aromatic rings. The van der Waals surface area contributed by atoms with Crippen LogP contribution < -0.4 is 5.32 Å². The molecule has 0 spiro atoms. The Morgan fingerprint density at radius 2 is 2.16 bits per heavy atom. The average molecular weight is 263 g/mol. The Bertz CT molecular complexity index is 496. The van der Waals surface area contributed by atoms with E-state index < -0.39 is 0 Å². The lowest BCUT2D eigenvalue weighted by Crippen LogP contribution is -2.57. The number of carbonyl (C=O) groups excluding carboxylic acids is 1. The summed E-state index contributed by atoms with van der Waals surface area (Å²) in [5.74, 6) is -0.337. The maximum absolute atomic E-state index is 11.5. The third kappa shape index (κ3) is 2.45.